The van der Waals surface area contributed by atoms with Gasteiger partial charge in [-0.25, -0.2) is 9.97 Å². The van der Waals surface area contributed by atoms with Gasteiger partial charge in [0.15, 0.2) is 0 Å². The third-order valence-electron chi connectivity index (χ3n) is 2.65. The standard InChI is InChI=1S/C14H26N4O/c1-9(2)13-17-11(15)6-12(18-13)16-8-10(19)7-14(3,4)5/h6,9-10,19H,7-8H2,1-5H3,(H3,15,16,17,18). The van der Waals surface area contributed by atoms with Gasteiger partial charge in [0.25, 0.3) is 0 Å². The number of aliphatic hydroxyl groups is 1. The molecule has 4 N–H and O–H groups in total. The Bertz CT molecular complexity index is 412. The molecule has 0 aromatic carbocycles. The van der Waals surface area contributed by atoms with Gasteiger partial charge in [0.2, 0.25) is 0 Å². The van der Waals surface area contributed by atoms with E-state index in [4.69, 9.17) is 5.73 Å². The van der Waals surface area contributed by atoms with Crippen molar-refractivity contribution in [2.24, 2.45) is 5.41 Å². The van der Waals surface area contributed by atoms with Gasteiger partial charge in [-0.1, -0.05) is 34.6 Å². The van der Waals surface area contributed by atoms with Crippen molar-refractivity contribution in [1.82, 2.24) is 9.97 Å². The van der Waals surface area contributed by atoms with Crippen LogP contribution in [-0.4, -0.2) is 27.7 Å². The zero-order chi connectivity index (χ0) is 14.6. The van der Waals surface area contributed by atoms with E-state index in [2.05, 4.69) is 36.1 Å². The summed E-state index contributed by atoms with van der Waals surface area (Å²) < 4.78 is 0. The van der Waals surface area contributed by atoms with Crippen molar-refractivity contribution < 1.29 is 5.11 Å². The minimum atomic E-state index is -0.404. The maximum absolute atomic E-state index is 9.96. The van der Waals surface area contributed by atoms with E-state index in [9.17, 15) is 5.11 Å². The van der Waals surface area contributed by atoms with E-state index < -0.39 is 6.10 Å². The van der Waals surface area contributed by atoms with Crippen molar-refractivity contribution in [3.05, 3.63) is 11.9 Å². The van der Waals surface area contributed by atoms with Crippen LogP contribution in [0.4, 0.5) is 11.6 Å². The van der Waals surface area contributed by atoms with Crippen LogP contribution in [0.2, 0.25) is 0 Å². The van der Waals surface area contributed by atoms with E-state index in [1.165, 1.54) is 0 Å². The van der Waals surface area contributed by atoms with Crippen LogP contribution in [0.1, 0.15) is 52.8 Å². The number of aromatic nitrogens is 2. The van der Waals surface area contributed by atoms with Gasteiger partial charge in [0.05, 0.1) is 6.10 Å². The molecular formula is C14H26N4O. The normalized spacial score (nSPS) is 13.6. The van der Waals surface area contributed by atoms with E-state index in [0.29, 0.717) is 24.0 Å². The summed E-state index contributed by atoms with van der Waals surface area (Å²) >= 11 is 0. The molecule has 1 heterocycles. The lowest BCUT2D eigenvalue weighted by Crippen LogP contribution is -2.25. The lowest BCUT2D eigenvalue weighted by molar-refractivity contribution is 0.132. The van der Waals surface area contributed by atoms with E-state index in [1.54, 1.807) is 6.07 Å². The SMILES string of the molecule is CC(C)c1nc(N)cc(NCC(O)CC(C)(C)C)n1. The van der Waals surface area contributed by atoms with Crippen LogP contribution < -0.4 is 11.1 Å². The fraction of sp³-hybridized carbons (Fsp3) is 0.714. The summed E-state index contributed by atoms with van der Waals surface area (Å²) in [6, 6.07) is 1.69. The molecule has 0 bridgehead atoms. The van der Waals surface area contributed by atoms with Crippen LogP contribution in [0.25, 0.3) is 0 Å². The lowest BCUT2D eigenvalue weighted by atomic mass is 9.89. The van der Waals surface area contributed by atoms with Gasteiger partial charge >= 0.3 is 0 Å². The Kier molecular flexibility index (Phi) is 5.11. The van der Waals surface area contributed by atoms with Crippen molar-refractivity contribution in [3.63, 3.8) is 0 Å². The molecule has 1 atom stereocenters. The Hall–Kier alpha value is -1.36. The molecule has 0 aliphatic carbocycles. The fourth-order valence-corrected chi connectivity index (χ4v) is 1.84. The molecule has 1 aromatic heterocycles. The third kappa shape index (κ3) is 5.87. The number of hydrogen-bond acceptors (Lipinski definition) is 5. The van der Waals surface area contributed by atoms with Crippen molar-refractivity contribution in [1.29, 1.82) is 0 Å². The summed E-state index contributed by atoms with van der Waals surface area (Å²) in [5, 5.41) is 13.1. The summed E-state index contributed by atoms with van der Waals surface area (Å²) in [7, 11) is 0. The number of anilines is 2. The quantitative estimate of drug-likeness (QED) is 0.762. The molecule has 0 aliphatic heterocycles. The highest BCUT2D eigenvalue weighted by molar-refractivity contribution is 5.45. The van der Waals surface area contributed by atoms with Gasteiger partial charge in [-0.05, 0) is 11.8 Å². The minimum Gasteiger partial charge on any atom is -0.391 e. The first kappa shape index (κ1) is 15.7. The van der Waals surface area contributed by atoms with Crippen molar-refractivity contribution in [2.75, 3.05) is 17.6 Å². The topological polar surface area (TPSA) is 84.1 Å². The van der Waals surface area contributed by atoms with Crippen LogP contribution in [-0.2, 0) is 0 Å². The van der Waals surface area contributed by atoms with Crippen molar-refractivity contribution >= 4 is 11.6 Å². The molecule has 5 heteroatoms. The first-order chi connectivity index (χ1) is 8.67. The van der Waals surface area contributed by atoms with Gasteiger partial charge < -0.3 is 16.2 Å². The average molecular weight is 266 g/mol. The van der Waals surface area contributed by atoms with E-state index in [-0.39, 0.29) is 11.3 Å². The van der Waals surface area contributed by atoms with E-state index in [1.807, 2.05) is 13.8 Å². The third-order valence-corrected chi connectivity index (χ3v) is 2.65. The predicted octanol–water partition coefficient (Wildman–Crippen LogP) is 2.39. The Balaban J connectivity index is 2.62. The smallest absolute Gasteiger partial charge is 0.135 e. The summed E-state index contributed by atoms with van der Waals surface area (Å²) in [5.41, 5.74) is 5.86. The number of hydrogen-bond donors (Lipinski definition) is 3. The Morgan fingerprint density at radius 1 is 1.32 bits per heavy atom. The second-order valence-electron chi connectivity index (χ2n) is 6.49. The molecule has 0 aliphatic rings. The highest BCUT2D eigenvalue weighted by Gasteiger charge is 2.16. The highest BCUT2D eigenvalue weighted by Crippen LogP contribution is 2.21. The van der Waals surface area contributed by atoms with Crippen molar-refractivity contribution in [3.8, 4) is 0 Å². The number of nitrogens with two attached hydrogens (primary N) is 1. The zero-order valence-corrected chi connectivity index (χ0v) is 12.6. The van der Waals surface area contributed by atoms with Gasteiger partial charge in [-0.2, -0.15) is 0 Å². The Labute approximate surface area is 115 Å². The summed E-state index contributed by atoms with van der Waals surface area (Å²) in [6.45, 7) is 10.8. The van der Waals surface area contributed by atoms with E-state index >= 15 is 0 Å². The van der Waals surface area contributed by atoms with Crippen LogP contribution in [0.3, 0.4) is 0 Å². The maximum Gasteiger partial charge on any atom is 0.135 e. The molecule has 0 spiro atoms. The molecular weight excluding hydrogens is 240 g/mol. The average Bonchev–Trinajstić information content (AvgIpc) is 2.23. The Morgan fingerprint density at radius 2 is 1.95 bits per heavy atom. The van der Waals surface area contributed by atoms with Gasteiger partial charge in [0, 0.05) is 18.5 Å². The number of nitrogens with one attached hydrogen (secondary N) is 1. The van der Waals surface area contributed by atoms with E-state index in [0.717, 1.165) is 6.42 Å². The number of rotatable bonds is 5. The summed E-state index contributed by atoms with van der Waals surface area (Å²) in [4.78, 5) is 8.57. The molecule has 1 unspecified atom stereocenters. The predicted molar refractivity (Wildman–Crippen MR) is 79.1 cm³/mol. The van der Waals surface area contributed by atoms with Crippen LogP contribution in [0.5, 0.6) is 0 Å². The molecule has 1 aromatic rings. The maximum atomic E-state index is 9.96. The van der Waals surface area contributed by atoms with Crippen LogP contribution >= 0.6 is 0 Å². The molecule has 0 fully saturated rings. The van der Waals surface area contributed by atoms with Gasteiger partial charge in [0.1, 0.15) is 17.5 Å². The number of nitrogen functional groups attached to an aromatic ring is 1. The largest absolute Gasteiger partial charge is 0.391 e. The zero-order valence-electron chi connectivity index (χ0n) is 12.6. The minimum absolute atomic E-state index is 0.106. The second kappa shape index (κ2) is 6.19. The molecule has 0 radical (unpaired) electrons. The van der Waals surface area contributed by atoms with Gasteiger partial charge in [-0.3, -0.25) is 0 Å². The molecule has 5 nitrogen and oxygen atoms in total. The fourth-order valence-electron chi connectivity index (χ4n) is 1.84. The molecule has 19 heavy (non-hydrogen) atoms. The molecule has 0 saturated heterocycles. The highest BCUT2D eigenvalue weighted by atomic mass is 16.3. The monoisotopic (exact) mass is 266 g/mol. The number of aliphatic hydroxyl groups excluding tert-OH is 1. The van der Waals surface area contributed by atoms with Crippen LogP contribution in [0.15, 0.2) is 6.07 Å². The second-order valence-corrected chi connectivity index (χ2v) is 6.49. The summed E-state index contributed by atoms with van der Waals surface area (Å²) in [5.74, 6) is 2.06. The lowest BCUT2D eigenvalue weighted by Gasteiger charge is -2.22. The first-order valence-corrected chi connectivity index (χ1v) is 6.74. The summed E-state index contributed by atoms with van der Waals surface area (Å²) in [6.07, 6.45) is 0.330. The molecule has 0 amide bonds. The molecule has 1 rings (SSSR count). The molecule has 0 saturated carbocycles. The van der Waals surface area contributed by atoms with Crippen LogP contribution in [0, 0.1) is 5.41 Å². The van der Waals surface area contributed by atoms with Crippen molar-refractivity contribution in [2.45, 2.75) is 53.1 Å². The Morgan fingerprint density at radius 3 is 2.47 bits per heavy atom. The first-order valence-electron chi connectivity index (χ1n) is 6.74. The number of nitrogens with zero attached hydrogens (tertiary/aromatic N) is 2. The molecule has 108 valence electrons. The van der Waals surface area contributed by atoms with Gasteiger partial charge in [-0.15, -0.1) is 0 Å².